The van der Waals surface area contributed by atoms with Crippen LogP contribution in [0.5, 0.6) is 0 Å². The molecule has 3 N–H and O–H groups in total. The molecule has 0 aliphatic carbocycles. The molecule has 6 heteroatoms. The Morgan fingerprint density at radius 3 is 2.32 bits per heavy atom. The van der Waals surface area contributed by atoms with Crippen LogP contribution in [0.1, 0.15) is 33.6 Å². The third kappa shape index (κ3) is 6.75. The average Bonchev–Trinajstić information content (AvgIpc) is 2.41. The number of hydrogen-bond donors (Lipinski definition) is 2. The standard InChI is InChI=1S/C13H30N4O2/c1-6-12(7-2)17(8-9-18-4)13(16-14)15-11(3)10-19-5/h11-12H,6-10,14H2,1-5H3,(H,15,16). The van der Waals surface area contributed by atoms with Gasteiger partial charge < -0.3 is 14.4 Å². The smallest absolute Gasteiger partial charge is 0.209 e. The first-order chi connectivity index (χ1) is 9.14. The van der Waals surface area contributed by atoms with Gasteiger partial charge in [-0.3, -0.25) is 5.43 Å². The number of hydrazine groups is 1. The highest BCUT2D eigenvalue weighted by Crippen LogP contribution is 2.09. The van der Waals surface area contributed by atoms with Gasteiger partial charge in [0.15, 0.2) is 0 Å². The quantitative estimate of drug-likeness (QED) is 0.284. The zero-order chi connectivity index (χ0) is 14.7. The molecule has 0 saturated carbocycles. The van der Waals surface area contributed by atoms with Crippen molar-refractivity contribution in [3.8, 4) is 0 Å². The minimum atomic E-state index is 0.0652. The molecule has 0 aromatic heterocycles. The number of guanidine groups is 1. The molecule has 6 nitrogen and oxygen atoms in total. The summed E-state index contributed by atoms with van der Waals surface area (Å²) in [5.41, 5.74) is 2.71. The molecule has 0 rings (SSSR count). The van der Waals surface area contributed by atoms with Crippen LogP contribution in [0.3, 0.4) is 0 Å². The van der Waals surface area contributed by atoms with Gasteiger partial charge in [0.25, 0.3) is 0 Å². The molecule has 114 valence electrons. The Labute approximate surface area is 117 Å². The molecular formula is C13H30N4O2. The summed E-state index contributed by atoms with van der Waals surface area (Å²) in [4.78, 5) is 6.76. The van der Waals surface area contributed by atoms with Gasteiger partial charge in [-0.1, -0.05) is 13.8 Å². The van der Waals surface area contributed by atoms with E-state index >= 15 is 0 Å². The Bertz CT molecular complexity index is 245. The Kier molecular flexibility index (Phi) is 10.5. The molecular weight excluding hydrogens is 244 g/mol. The molecule has 0 aliphatic heterocycles. The number of hydrogen-bond acceptors (Lipinski definition) is 4. The first-order valence-corrected chi connectivity index (χ1v) is 6.93. The third-order valence-corrected chi connectivity index (χ3v) is 3.07. The fraction of sp³-hybridized carbons (Fsp3) is 0.923. The fourth-order valence-electron chi connectivity index (χ4n) is 2.06. The summed E-state index contributed by atoms with van der Waals surface area (Å²) in [6.45, 7) is 8.33. The molecule has 0 amide bonds. The van der Waals surface area contributed by atoms with Gasteiger partial charge in [0.05, 0.1) is 19.3 Å². The number of nitrogens with two attached hydrogens (primary N) is 1. The molecule has 0 aromatic carbocycles. The van der Waals surface area contributed by atoms with E-state index in [-0.39, 0.29) is 6.04 Å². The van der Waals surface area contributed by atoms with Crippen molar-refractivity contribution >= 4 is 5.96 Å². The molecule has 0 aromatic rings. The Hall–Kier alpha value is -0.850. The minimum absolute atomic E-state index is 0.0652. The Morgan fingerprint density at radius 2 is 1.89 bits per heavy atom. The third-order valence-electron chi connectivity index (χ3n) is 3.07. The highest BCUT2D eigenvalue weighted by atomic mass is 16.5. The van der Waals surface area contributed by atoms with E-state index in [0.717, 1.165) is 19.4 Å². The molecule has 0 spiro atoms. The van der Waals surface area contributed by atoms with Crippen molar-refractivity contribution in [1.29, 1.82) is 0 Å². The first kappa shape index (κ1) is 18.1. The number of nitrogens with one attached hydrogen (secondary N) is 1. The molecule has 1 atom stereocenters. The summed E-state index contributed by atoms with van der Waals surface area (Å²) in [5.74, 6) is 6.34. The molecule has 1 unspecified atom stereocenters. The van der Waals surface area contributed by atoms with Gasteiger partial charge in [0.1, 0.15) is 0 Å². The van der Waals surface area contributed by atoms with Crippen molar-refractivity contribution in [2.24, 2.45) is 10.8 Å². The number of ether oxygens (including phenoxy) is 2. The normalized spacial score (nSPS) is 13.7. The van der Waals surface area contributed by atoms with Crippen molar-refractivity contribution in [2.45, 2.75) is 45.7 Å². The van der Waals surface area contributed by atoms with Crippen LogP contribution >= 0.6 is 0 Å². The second-order valence-electron chi connectivity index (χ2n) is 4.56. The SMILES string of the molecule is CCC(CC)N(CCOC)C(=NC(C)COC)NN. The zero-order valence-electron chi connectivity index (χ0n) is 13.0. The predicted octanol–water partition coefficient (Wildman–Crippen LogP) is 0.978. The predicted molar refractivity (Wildman–Crippen MR) is 79.0 cm³/mol. The maximum absolute atomic E-state index is 5.63. The lowest BCUT2D eigenvalue weighted by Crippen LogP contribution is -2.51. The van der Waals surface area contributed by atoms with E-state index < -0.39 is 0 Å². The summed E-state index contributed by atoms with van der Waals surface area (Å²) >= 11 is 0. The zero-order valence-corrected chi connectivity index (χ0v) is 13.0. The Balaban J connectivity index is 4.93. The summed E-state index contributed by atoms with van der Waals surface area (Å²) < 4.78 is 10.3. The van der Waals surface area contributed by atoms with E-state index in [0.29, 0.717) is 25.2 Å². The fourth-order valence-corrected chi connectivity index (χ4v) is 2.06. The number of methoxy groups -OCH3 is 2. The van der Waals surface area contributed by atoms with Gasteiger partial charge in [-0.05, 0) is 19.8 Å². The van der Waals surface area contributed by atoms with E-state index in [1.165, 1.54) is 0 Å². The lowest BCUT2D eigenvalue weighted by molar-refractivity contribution is 0.154. The van der Waals surface area contributed by atoms with Crippen LogP contribution in [0.2, 0.25) is 0 Å². The van der Waals surface area contributed by atoms with Gasteiger partial charge in [0.2, 0.25) is 5.96 Å². The van der Waals surface area contributed by atoms with E-state index in [1.54, 1.807) is 14.2 Å². The van der Waals surface area contributed by atoms with Crippen LogP contribution in [0.25, 0.3) is 0 Å². The van der Waals surface area contributed by atoms with Gasteiger partial charge >= 0.3 is 0 Å². The van der Waals surface area contributed by atoms with Gasteiger partial charge in [-0.15, -0.1) is 0 Å². The van der Waals surface area contributed by atoms with E-state index in [9.17, 15) is 0 Å². The van der Waals surface area contributed by atoms with E-state index in [2.05, 4.69) is 29.2 Å². The van der Waals surface area contributed by atoms with Crippen molar-refractivity contribution in [2.75, 3.05) is 34.0 Å². The highest BCUT2D eigenvalue weighted by molar-refractivity contribution is 5.79. The van der Waals surface area contributed by atoms with Crippen molar-refractivity contribution in [3.05, 3.63) is 0 Å². The monoisotopic (exact) mass is 274 g/mol. The molecule has 19 heavy (non-hydrogen) atoms. The van der Waals surface area contributed by atoms with Gasteiger partial charge in [-0.25, -0.2) is 10.8 Å². The van der Waals surface area contributed by atoms with E-state index in [4.69, 9.17) is 15.3 Å². The summed E-state index contributed by atoms with van der Waals surface area (Å²) in [6.07, 6.45) is 2.08. The van der Waals surface area contributed by atoms with Crippen LogP contribution in [-0.2, 0) is 9.47 Å². The molecule has 0 aliphatic rings. The van der Waals surface area contributed by atoms with Crippen LogP contribution in [0, 0.1) is 0 Å². The average molecular weight is 274 g/mol. The maximum Gasteiger partial charge on any atom is 0.209 e. The highest BCUT2D eigenvalue weighted by Gasteiger charge is 2.19. The number of rotatable bonds is 9. The second kappa shape index (κ2) is 11.0. The molecule has 0 fully saturated rings. The second-order valence-corrected chi connectivity index (χ2v) is 4.56. The maximum atomic E-state index is 5.63. The molecule has 0 heterocycles. The van der Waals surface area contributed by atoms with E-state index in [1.807, 2.05) is 6.92 Å². The van der Waals surface area contributed by atoms with Crippen LogP contribution in [0.4, 0.5) is 0 Å². The minimum Gasteiger partial charge on any atom is -0.383 e. The van der Waals surface area contributed by atoms with Crippen molar-refractivity contribution in [1.82, 2.24) is 10.3 Å². The van der Waals surface area contributed by atoms with Gasteiger partial charge in [-0.2, -0.15) is 0 Å². The van der Waals surface area contributed by atoms with Crippen LogP contribution in [-0.4, -0.2) is 56.9 Å². The van der Waals surface area contributed by atoms with Gasteiger partial charge in [0, 0.05) is 26.8 Å². The molecule has 0 bridgehead atoms. The summed E-state index contributed by atoms with van der Waals surface area (Å²) in [6, 6.07) is 0.468. The summed E-state index contributed by atoms with van der Waals surface area (Å²) in [7, 11) is 3.37. The Morgan fingerprint density at radius 1 is 1.26 bits per heavy atom. The lowest BCUT2D eigenvalue weighted by Gasteiger charge is -2.33. The topological polar surface area (TPSA) is 72.1 Å². The van der Waals surface area contributed by atoms with Crippen molar-refractivity contribution in [3.63, 3.8) is 0 Å². The lowest BCUT2D eigenvalue weighted by atomic mass is 10.1. The first-order valence-electron chi connectivity index (χ1n) is 6.93. The molecule has 0 saturated heterocycles. The largest absolute Gasteiger partial charge is 0.383 e. The van der Waals surface area contributed by atoms with Crippen LogP contribution < -0.4 is 11.3 Å². The number of aliphatic imine (C=N–C) groups is 1. The number of nitrogens with zero attached hydrogens (tertiary/aromatic N) is 2. The van der Waals surface area contributed by atoms with Crippen molar-refractivity contribution < 1.29 is 9.47 Å². The summed E-state index contributed by atoms with van der Waals surface area (Å²) in [5, 5.41) is 0. The van der Waals surface area contributed by atoms with Crippen LogP contribution in [0.15, 0.2) is 4.99 Å². The molecule has 0 radical (unpaired) electrons.